The number of ketones is 1. The van der Waals surface area contributed by atoms with E-state index in [2.05, 4.69) is 0 Å². The third kappa shape index (κ3) is 3.53. The van der Waals surface area contributed by atoms with Crippen LogP contribution in [0.5, 0.6) is 11.5 Å². The van der Waals surface area contributed by atoms with E-state index in [4.69, 9.17) is 9.47 Å². The standard InChI is InChI=1S/C21H21NO5S/c1-14-5-9-18(10-6-14)28(24,25)22-17(8-7-15(2)23)11-16-12-20(26-3)21(27-4)13-19(16)22/h5-13H,1-4H3/b8-7+. The number of carbonyl (C=O) groups is 1. The Hall–Kier alpha value is -3.06. The van der Waals surface area contributed by atoms with E-state index in [1.807, 2.05) is 6.92 Å². The van der Waals surface area contributed by atoms with E-state index in [0.717, 1.165) is 5.56 Å². The summed E-state index contributed by atoms with van der Waals surface area (Å²) in [6, 6.07) is 11.6. The van der Waals surface area contributed by atoms with Crippen LogP contribution in [0.4, 0.5) is 0 Å². The molecule has 0 aliphatic heterocycles. The van der Waals surface area contributed by atoms with Crippen molar-refractivity contribution >= 4 is 32.8 Å². The lowest BCUT2D eigenvalue weighted by Crippen LogP contribution is -2.14. The Kier molecular flexibility index (Phi) is 5.29. The highest BCUT2D eigenvalue weighted by Crippen LogP contribution is 2.36. The molecule has 7 heteroatoms. The van der Waals surface area contributed by atoms with Crippen LogP contribution in [-0.4, -0.2) is 32.4 Å². The molecule has 0 aliphatic carbocycles. The van der Waals surface area contributed by atoms with Gasteiger partial charge < -0.3 is 9.47 Å². The summed E-state index contributed by atoms with van der Waals surface area (Å²) < 4.78 is 38.7. The number of fused-ring (bicyclic) bond motifs is 1. The van der Waals surface area contributed by atoms with Gasteiger partial charge in [-0.25, -0.2) is 12.4 Å². The zero-order chi connectivity index (χ0) is 20.5. The zero-order valence-corrected chi connectivity index (χ0v) is 16.9. The molecule has 6 nitrogen and oxygen atoms in total. The molecule has 0 aliphatic rings. The second-order valence-corrected chi connectivity index (χ2v) is 8.15. The van der Waals surface area contributed by atoms with Crippen LogP contribution in [0.1, 0.15) is 18.2 Å². The van der Waals surface area contributed by atoms with Crippen molar-refractivity contribution in [3.63, 3.8) is 0 Å². The molecule has 0 atom stereocenters. The van der Waals surface area contributed by atoms with E-state index in [-0.39, 0.29) is 10.7 Å². The lowest BCUT2D eigenvalue weighted by atomic mass is 10.2. The van der Waals surface area contributed by atoms with Gasteiger partial charge in [-0.1, -0.05) is 17.7 Å². The second kappa shape index (κ2) is 7.52. The number of hydrogen-bond donors (Lipinski definition) is 0. The van der Waals surface area contributed by atoms with Crippen molar-refractivity contribution in [1.29, 1.82) is 0 Å². The molecule has 0 unspecified atom stereocenters. The molecular formula is C21H21NO5S. The zero-order valence-electron chi connectivity index (χ0n) is 16.1. The molecular weight excluding hydrogens is 378 g/mol. The molecule has 3 aromatic rings. The summed E-state index contributed by atoms with van der Waals surface area (Å²) in [4.78, 5) is 11.6. The minimum atomic E-state index is -3.90. The number of rotatable bonds is 6. The molecule has 1 aromatic heterocycles. The Morgan fingerprint density at radius 2 is 1.61 bits per heavy atom. The maximum absolute atomic E-state index is 13.4. The number of aryl methyl sites for hydroxylation is 1. The molecule has 0 radical (unpaired) electrons. The molecule has 2 aromatic carbocycles. The molecule has 0 saturated heterocycles. The lowest BCUT2D eigenvalue weighted by molar-refractivity contribution is -0.112. The molecule has 0 saturated carbocycles. The first kappa shape index (κ1) is 19.7. The molecule has 0 bridgehead atoms. The van der Waals surface area contributed by atoms with Crippen LogP contribution < -0.4 is 9.47 Å². The molecule has 0 amide bonds. The second-order valence-electron chi connectivity index (χ2n) is 6.36. The minimum absolute atomic E-state index is 0.155. The number of hydrogen-bond acceptors (Lipinski definition) is 5. The Morgan fingerprint density at radius 3 is 2.18 bits per heavy atom. The summed E-state index contributed by atoms with van der Waals surface area (Å²) in [7, 11) is -0.902. The van der Waals surface area contributed by atoms with Crippen molar-refractivity contribution in [1.82, 2.24) is 3.97 Å². The lowest BCUT2D eigenvalue weighted by Gasteiger charge is -2.12. The first-order valence-corrected chi connectivity index (χ1v) is 10.0. The number of carbonyl (C=O) groups excluding carboxylic acids is 1. The van der Waals surface area contributed by atoms with Gasteiger partial charge in [0.1, 0.15) is 0 Å². The number of benzene rings is 2. The molecule has 3 rings (SSSR count). The van der Waals surface area contributed by atoms with E-state index >= 15 is 0 Å². The maximum Gasteiger partial charge on any atom is 0.268 e. The molecule has 28 heavy (non-hydrogen) atoms. The first-order chi connectivity index (χ1) is 13.3. The third-order valence-electron chi connectivity index (χ3n) is 4.34. The molecule has 0 spiro atoms. The number of nitrogens with zero attached hydrogens (tertiary/aromatic N) is 1. The van der Waals surface area contributed by atoms with Crippen LogP contribution in [0, 0.1) is 6.92 Å². The van der Waals surface area contributed by atoms with Crippen molar-refractivity contribution in [3.05, 3.63) is 59.8 Å². The molecule has 146 valence electrons. The van der Waals surface area contributed by atoms with E-state index in [9.17, 15) is 13.2 Å². The van der Waals surface area contributed by atoms with Gasteiger partial charge in [0.25, 0.3) is 10.0 Å². The average Bonchev–Trinajstić information content (AvgIpc) is 3.03. The summed E-state index contributed by atoms with van der Waals surface area (Å²) in [6.07, 6.45) is 2.83. The third-order valence-corrected chi connectivity index (χ3v) is 6.09. The highest BCUT2D eigenvalue weighted by molar-refractivity contribution is 7.90. The number of allylic oxidation sites excluding steroid dienone is 1. The van der Waals surface area contributed by atoms with Crippen LogP contribution in [-0.2, 0) is 14.8 Å². The van der Waals surface area contributed by atoms with Crippen molar-refractivity contribution < 1.29 is 22.7 Å². The highest BCUT2D eigenvalue weighted by Gasteiger charge is 2.23. The number of aromatic nitrogens is 1. The summed E-state index contributed by atoms with van der Waals surface area (Å²) in [6.45, 7) is 3.30. The van der Waals surface area contributed by atoms with Gasteiger partial charge in [0.2, 0.25) is 0 Å². The van der Waals surface area contributed by atoms with Gasteiger partial charge in [0.15, 0.2) is 17.3 Å². The van der Waals surface area contributed by atoms with E-state index in [1.54, 1.807) is 42.5 Å². The summed E-state index contributed by atoms with van der Waals surface area (Å²) in [5.74, 6) is 0.720. The van der Waals surface area contributed by atoms with Crippen molar-refractivity contribution in [3.8, 4) is 11.5 Å². The largest absolute Gasteiger partial charge is 0.493 e. The van der Waals surface area contributed by atoms with Crippen molar-refractivity contribution in [2.75, 3.05) is 14.2 Å². The Bertz CT molecular complexity index is 1170. The van der Waals surface area contributed by atoms with E-state index in [0.29, 0.717) is 28.1 Å². The van der Waals surface area contributed by atoms with Crippen molar-refractivity contribution in [2.45, 2.75) is 18.7 Å². The first-order valence-electron chi connectivity index (χ1n) is 8.56. The molecule has 0 fully saturated rings. The van der Waals surface area contributed by atoms with Gasteiger partial charge in [0.05, 0.1) is 30.3 Å². The van der Waals surface area contributed by atoms with Crippen LogP contribution in [0.25, 0.3) is 17.0 Å². The molecule has 0 N–H and O–H groups in total. The smallest absolute Gasteiger partial charge is 0.268 e. The highest BCUT2D eigenvalue weighted by atomic mass is 32.2. The van der Waals surface area contributed by atoms with Crippen molar-refractivity contribution in [2.24, 2.45) is 0 Å². The van der Waals surface area contributed by atoms with Crippen LogP contribution in [0.2, 0.25) is 0 Å². The monoisotopic (exact) mass is 399 g/mol. The SMILES string of the molecule is COc1cc2cc(/C=C/C(C)=O)n(S(=O)(=O)c3ccc(C)cc3)c2cc1OC. The van der Waals surface area contributed by atoms with Crippen LogP contribution in [0.3, 0.4) is 0 Å². The summed E-state index contributed by atoms with van der Waals surface area (Å²) >= 11 is 0. The average molecular weight is 399 g/mol. The van der Waals surface area contributed by atoms with Gasteiger partial charge in [-0.3, -0.25) is 4.79 Å². The predicted molar refractivity (Wildman–Crippen MR) is 109 cm³/mol. The Balaban J connectivity index is 2.35. The van der Waals surface area contributed by atoms with Gasteiger partial charge in [0, 0.05) is 11.5 Å². The van der Waals surface area contributed by atoms with Crippen LogP contribution >= 0.6 is 0 Å². The van der Waals surface area contributed by atoms with Gasteiger partial charge in [-0.2, -0.15) is 0 Å². The van der Waals surface area contributed by atoms with Gasteiger partial charge in [-0.05, 0) is 50.3 Å². The predicted octanol–water partition coefficient (Wildman–Crippen LogP) is 3.81. The fourth-order valence-corrected chi connectivity index (χ4v) is 4.43. The number of methoxy groups -OCH3 is 2. The fourth-order valence-electron chi connectivity index (χ4n) is 2.93. The molecule has 1 heterocycles. The topological polar surface area (TPSA) is 74.6 Å². The Morgan fingerprint density at radius 1 is 1.00 bits per heavy atom. The van der Waals surface area contributed by atoms with E-state index < -0.39 is 10.0 Å². The van der Waals surface area contributed by atoms with Gasteiger partial charge >= 0.3 is 0 Å². The normalized spacial score (nSPS) is 11.9. The van der Waals surface area contributed by atoms with E-state index in [1.165, 1.54) is 37.3 Å². The summed E-state index contributed by atoms with van der Waals surface area (Å²) in [5.41, 5.74) is 1.75. The fraction of sp³-hybridized carbons (Fsp3) is 0.190. The number of ether oxygens (including phenoxy) is 2. The maximum atomic E-state index is 13.4. The summed E-state index contributed by atoms with van der Waals surface area (Å²) in [5, 5.41) is 0.650. The minimum Gasteiger partial charge on any atom is -0.493 e. The van der Waals surface area contributed by atoms with Gasteiger partial charge in [-0.15, -0.1) is 0 Å². The Labute approximate surface area is 164 Å². The van der Waals surface area contributed by atoms with Crippen LogP contribution in [0.15, 0.2) is 53.4 Å². The quantitative estimate of drug-likeness (QED) is 0.589.